The SMILES string of the molecule is CCOc1cc(C(=O)O)cc(Br)c1OCCN1CCCCC1. The minimum absolute atomic E-state index is 0.179. The summed E-state index contributed by atoms with van der Waals surface area (Å²) in [6.45, 7) is 6.00. The normalized spacial score (nSPS) is 15.5. The number of nitrogens with zero attached hydrogens (tertiary/aromatic N) is 1. The molecule has 0 radical (unpaired) electrons. The maximum absolute atomic E-state index is 11.1. The Hall–Kier alpha value is -1.27. The van der Waals surface area contributed by atoms with Gasteiger partial charge in [0, 0.05) is 6.54 Å². The van der Waals surface area contributed by atoms with Gasteiger partial charge in [-0.05, 0) is 60.9 Å². The van der Waals surface area contributed by atoms with Gasteiger partial charge < -0.3 is 14.6 Å². The predicted molar refractivity (Wildman–Crippen MR) is 88.1 cm³/mol. The maximum Gasteiger partial charge on any atom is 0.335 e. The standard InChI is InChI=1S/C16H22BrNO4/c1-2-21-14-11-12(16(19)20)10-13(17)15(14)22-9-8-18-6-4-3-5-7-18/h10-11H,2-9H2,1H3,(H,19,20). The smallest absolute Gasteiger partial charge is 0.335 e. The summed E-state index contributed by atoms with van der Waals surface area (Å²) in [5.41, 5.74) is 0.179. The van der Waals surface area contributed by atoms with E-state index in [0.717, 1.165) is 19.6 Å². The maximum atomic E-state index is 11.1. The van der Waals surface area contributed by atoms with Gasteiger partial charge in [-0.1, -0.05) is 6.42 Å². The molecule has 0 spiro atoms. The van der Waals surface area contributed by atoms with Crippen molar-refractivity contribution in [3.63, 3.8) is 0 Å². The molecular weight excluding hydrogens is 350 g/mol. The molecule has 6 heteroatoms. The molecule has 0 saturated carbocycles. The number of benzene rings is 1. The topological polar surface area (TPSA) is 59.0 Å². The Labute approximate surface area is 139 Å². The molecule has 1 heterocycles. The molecule has 1 aliphatic heterocycles. The van der Waals surface area contributed by atoms with E-state index in [9.17, 15) is 4.79 Å². The van der Waals surface area contributed by atoms with Crippen LogP contribution < -0.4 is 9.47 Å². The summed E-state index contributed by atoms with van der Waals surface area (Å²) in [6, 6.07) is 3.05. The van der Waals surface area contributed by atoms with E-state index in [-0.39, 0.29) is 5.56 Å². The first kappa shape index (κ1) is 17.1. The van der Waals surface area contributed by atoms with E-state index in [4.69, 9.17) is 14.6 Å². The van der Waals surface area contributed by atoms with Crippen LogP contribution >= 0.6 is 15.9 Å². The Kier molecular flexibility index (Phi) is 6.51. The summed E-state index contributed by atoms with van der Waals surface area (Å²) in [6.07, 6.45) is 3.82. The van der Waals surface area contributed by atoms with Crippen LogP contribution in [0.3, 0.4) is 0 Å². The second kappa shape index (κ2) is 8.39. The molecule has 0 unspecified atom stereocenters. The average Bonchev–Trinajstić information content (AvgIpc) is 2.50. The van der Waals surface area contributed by atoms with E-state index in [1.807, 2.05) is 6.92 Å². The summed E-state index contributed by atoms with van der Waals surface area (Å²) in [4.78, 5) is 13.5. The lowest BCUT2D eigenvalue weighted by atomic mass is 10.1. The molecule has 1 aliphatic rings. The van der Waals surface area contributed by atoms with Crippen LogP contribution in [0.5, 0.6) is 11.5 Å². The number of likely N-dealkylation sites (tertiary alicyclic amines) is 1. The average molecular weight is 372 g/mol. The lowest BCUT2D eigenvalue weighted by molar-refractivity contribution is 0.0696. The summed E-state index contributed by atoms with van der Waals surface area (Å²) in [7, 11) is 0. The molecule has 122 valence electrons. The van der Waals surface area contributed by atoms with Crippen LogP contribution in [0, 0.1) is 0 Å². The molecule has 1 N–H and O–H groups in total. The van der Waals surface area contributed by atoms with Crippen LogP contribution in [0.1, 0.15) is 36.5 Å². The Balaban J connectivity index is 2.03. The molecule has 1 aromatic carbocycles. The third kappa shape index (κ3) is 4.61. The van der Waals surface area contributed by atoms with Gasteiger partial charge in [-0.3, -0.25) is 4.90 Å². The molecule has 0 aliphatic carbocycles. The third-order valence-corrected chi connectivity index (χ3v) is 4.25. The number of hydrogen-bond acceptors (Lipinski definition) is 4. The highest BCUT2D eigenvalue weighted by molar-refractivity contribution is 9.10. The monoisotopic (exact) mass is 371 g/mol. The van der Waals surface area contributed by atoms with E-state index in [2.05, 4.69) is 20.8 Å². The van der Waals surface area contributed by atoms with Crippen molar-refractivity contribution in [2.45, 2.75) is 26.2 Å². The van der Waals surface area contributed by atoms with E-state index >= 15 is 0 Å². The van der Waals surface area contributed by atoms with Gasteiger partial charge in [-0.15, -0.1) is 0 Å². The van der Waals surface area contributed by atoms with Gasteiger partial charge in [0.25, 0.3) is 0 Å². The molecule has 0 amide bonds. The van der Waals surface area contributed by atoms with Crippen LogP contribution in [0.4, 0.5) is 0 Å². The third-order valence-electron chi connectivity index (χ3n) is 3.66. The summed E-state index contributed by atoms with van der Waals surface area (Å²) < 4.78 is 12.0. The van der Waals surface area contributed by atoms with E-state index in [0.29, 0.717) is 29.2 Å². The molecule has 1 fully saturated rings. The molecule has 2 rings (SSSR count). The highest BCUT2D eigenvalue weighted by Gasteiger charge is 2.16. The fraction of sp³-hybridized carbons (Fsp3) is 0.562. The number of aromatic carboxylic acids is 1. The summed E-state index contributed by atoms with van der Waals surface area (Å²) in [5.74, 6) is 0.0540. The van der Waals surface area contributed by atoms with Crippen LogP contribution in [-0.4, -0.2) is 48.8 Å². The zero-order valence-electron chi connectivity index (χ0n) is 12.8. The fourth-order valence-corrected chi connectivity index (χ4v) is 3.11. The van der Waals surface area contributed by atoms with Crippen molar-refractivity contribution in [1.29, 1.82) is 0 Å². The van der Waals surface area contributed by atoms with Crippen molar-refractivity contribution in [2.24, 2.45) is 0 Å². The lowest BCUT2D eigenvalue weighted by Crippen LogP contribution is -2.33. The number of rotatable bonds is 7. The molecule has 1 saturated heterocycles. The van der Waals surface area contributed by atoms with Gasteiger partial charge in [-0.25, -0.2) is 4.79 Å². The zero-order chi connectivity index (χ0) is 15.9. The van der Waals surface area contributed by atoms with Gasteiger partial charge in [0.2, 0.25) is 0 Å². The minimum Gasteiger partial charge on any atom is -0.490 e. The van der Waals surface area contributed by atoms with Gasteiger partial charge in [0.05, 0.1) is 16.6 Å². The quantitative estimate of drug-likeness (QED) is 0.795. The highest BCUT2D eigenvalue weighted by Crippen LogP contribution is 2.37. The van der Waals surface area contributed by atoms with Gasteiger partial charge in [0.15, 0.2) is 11.5 Å². The highest BCUT2D eigenvalue weighted by atomic mass is 79.9. The van der Waals surface area contributed by atoms with Crippen LogP contribution in [-0.2, 0) is 0 Å². The molecule has 0 bridgehead atoms. The Morgan fingerprint density at radius 2 is 2.00 bits per heavy atom. The molecule has 0 aromatic heterocycles. The van der Waals surface area contributed by atoms with E-state index < -0.39 is 5.97 Å². The molecule has 22 heavy (non-hydrogen) atoms. The number of piperidine rings is 1. The van der Waals surface area contributed by atoms with Gasteiger partial charge in [0.1, 0.15) is 6.61 Å². The Morgan fingerprint density at radius 3 is 2.64 bits per heavy atom. The van der Waals surface area contributed by atoms with Gasteiger partial charge in [-0.2, -0.15) is 0 Å². The van der Waals surface area contributed by atoms with Crippen molar-refractivity contribution in [3.05, 3.63) is 22.2 Å². The largest absolute Gasteiger partial charge is 0.490 e. The number of carbonyl (C=O) groups is 1. The number of carboxylic acid groups (broad SMARTS) is 1. The first-order valence-electron chi connectivity index (χ1n) is 7.66. The predicted octanol–water partition coefficient (Wildman–Crippen LogP) is 3.41. The molecule has 1 aromatic rings. The summed E-state index contributed by atoms with van der Waals surface area (Å²) in [5, 5.41) is 9.12. The van der Waals surface area contributed by atoms with Crippen LogP contribution in [0.25, 0.3) is 0 Å². The lowest BCUT2D eigenvalue weighted by Gasteiger charge is -2.26. The van der Waals surface area contributed by atoms with Crippen LogP contribution in [0.15, 0.2) is 16.6 Å². The van der Waals surface area contributed by atoms with Crippen molar-refractivity contribution in [3.8, 4) is 11.5 Å². The van der Waals surface area contributed by atoms with Crippen LogP contribution in [0.2, 0.25) is 0 Å². The summed E-state index contributed by atoms with van der Waals surface area (Å²) >= 11 is 3.38. The van der Waals surface area contributed by atoms with Gasteiger partial charge >= 0.3 is 5.97 Å². The number of carboxylic acids is 1. The van der Waals surface area contributed by atoms with Crippen molar-refractivity contribution in [1.82, 2.24) is 4.90 Å². The zero-order valence-corrected chi connectivity index (χ0v) is 14.4. The molecular formula is C16H22BrNO4. The second-order valence-corrected chi connectivity index (χ2v) is 6.13. The Bertz CT molecular complexity index is 515. The van der Waals surface area contributed by atoms with Crippen molar-refractivity contribution < 1.29 is 19.4 Å². The fourth-order valence-electron chi connectivity index (χ4n) is 2.55. The van der Waals surface area contributed by atoms with Crippen molar-refractivity contribution in [2.75, 3.05) is 32.8 Å². The number of ether oxygens (including phenoxy) is 2. The van der Waals surface area contributed by atoms with Crippen molar-refractivity contribution >= 4 is 21.9 Å². The molecule has 5 nitrogen and oxygen atoms in total. The minimum atomic E-state index is -0.985. The number of hydrogen-bond donors (Lipinski definition) is 1. The van der Waals surface area contributed by atoms with E-state index in [1.165, 1.54) is 25.3 Å². The Morgan fingerprint density at radius 1 is 1.27 bits per heavy atom. The van der Waals surface area contributed by atoms with E-state index in [1.54, 1.807) is 6.07 Å². The second-order valence-electron chi connectivity index (χ2n) is 5.27. The molecule has 0 atom stereocenters. The first-order valence-corrected chi connectivity index (χ1v) is 8.46. The number of halogens is 1. The first-order chi connectivity index (χ1) is 10.6.